The first-order chi connectivity index (χ1) is 9.75. The van der Waals surface area contributed by atoms with E-state index in [2.05, 4.69) is 0 Å². The zero-order chi connectivity index (χ0) is 13.9. The van der Waals surface area contributed by atoms with Gasteiger partial charge in [0.15, 0.2) is 0 Å². The Kier molecular flexibility index (Phi) is 3.65. The molecule has 102 valence electrons. The van der Waals surface area contributed by atoms with E-state index in [1.165, 1.54) is 0 Å². The molecule has 20 heavy (non-hydrogen) atoms. The molecule has 4 heteroatoms. The third-order valence-corrected chi connectivity index (χ3v) is 4.60. The minimum Gasteiger partial charge on any atom is -0.508 e. The van der Waals surface area contributed by atoms with Crippen molar-refractivity contribution in [3.8, 4) is 5.75 Å². The molecule has 2 aromatic carbocycles. The van der Waals surface area contributed by atoms with Crippen LogP contribution in [-0.4, -0.2) is 21.7 Å². The molecule has 1 amide bonds. The summed E-state index contributed by atoms with van der Waals surface area (Å²) in [6.45, 7) is 0.575. The summed E-state index contributed by atoms with van der Waals surface area (Å²) in [4.78, 5) is 13.9. The van der Waals surface area contributed by atoms with Gasteiger partial charge in [-0.25, -0.2) is 0 Å². The quantitative estimate of drug-likeness (QED) is 0.941. The van der Waals surface area contributed by atoms with Crippen LogP contribution in [0.1, 0.15) is 16.5 Å². The first-order valence-corrected chi connectivity index (χ1v) is 7.53. The zero-order valence-corrected chi connectivity index (χ0v) is 11.7. The highest BCUT2D eigenvalue weighted by Gasteiger charge is 2.33. The Balaban J connectivity index is 1.88. The summed E-state index contributed by atoms with van der Waals surface area (Å²) in [6, 6.07) is 17.2. The molecular formula is C16H15NO2S. The van der Waals surface area contributed by atoms with Gasteiger partial charge in [0.25, 0.3) is 0 Å². The SMILES string of the molecule is O=C1CS[C@@H](c2ccccc2O)N1Cc1ccccc1. The van der Waals surface area contributed by atoms with Gasteiger partial charge in [-0.2, -0.15) is 0 Å². The van der Waals surface area contributed by atoms with Crippen molar-refractivity contribution >= 4 is 17.7 Å². The standard InChI is InChI=1S/C16H15NO2S/c18-14-9-5-4-8-13(14)16-17(15(19)11-20-16)10-12-6-2-1-3-7-12/h1-9,16,18H,10-11H2/t16-/m0/s1. The Hall–Kier alpha value is -1.94. The summed E-state index contributed by atoms with van der Waals surface area (Å²) in [6.07, 6.45) is 0. The number of phenols is 1. The van der Waals surface area contributed by atoms with E-state index >= 15 is 0 Å². The number of nitrogens with zero attached hydrogens (tertiary/aromatic N) is 1. The monoisotopic (exact) mass is 285 g/mol. The molecule has 0 bridgehead atoms. The molecule has 1 aliphatic heterocycles. The number of amides is 1. The fraction of sp³-hybridized carbons (Fsp3) is 0.188. The number of aromatic hydroxyl groups is 1. The molecule has 0 aliphatic carbocycles. The van der Waals surface area contributed by atoms with Gasteiger partial charge in [-0.15, -0.1) is 11.8 Å². The summed E-state index contributed by atoms with van der Waals surface area (Å²) in [7, 11) is 0. The second-order valence-electron chi connectivity index (χ2n) is 4.73. The van der Waals surface area contributed by atoms with Gasteiger partial charge < -0.3 is 10.0 Å². The Bertz CT molecular complexity index is 615. The first kappa shape index (κ1) is 13.1. The average Bonchev–Trinajstić information content (AvgIpc) is 2.82. The third kappa shape index (κ3) is 2.51. The van der Waals surface area contributed by atoms with Crippen molar-refractivity contribution < 1.29 is 9.90 Å². The van der Waals surface area contributed by atoms with Crippen molar-refractivity contribution in [1.29, 1.82) is 0 Å². The molecule has 1 heterocycles. The average molecular weight is 285 g/mol. The number of carbonyl (C=O) groups is 1. The molecule has 3 nitrogen and oxygen atoms in total. The minimum absolute atomic E-state index is 0.107. The van der Waals surface area contributed by atoms with E-state index in [4.69, 9.17) is 0 Å². The lowest BCUT2D eigenvalue weighted by Gasteiger charge is -2.24. The van der Waals surface area contributed by atoms with Crippen LogP contribution in [0, 0.1) is 0 Å². The van der Waals surface area contributed by atoms with Gasteiger partial charge in [-0.05, 0) is 11.6 Å². The predicted octanol–water partition coefficient (Wildman–Crippen LogP) is 3.17. The molecule has 1 fully saturated rings. The third-order valence-electron chi connectivity index (χ3n) is 3.37. The second kappa shape index (κ2) is 5.59. The number of benzene rings is 2. The van der Waals surface area contributed by atoms with Crippen LogP contribution < -0.4 is 0 Å². The van der Waals surface area contributed by atoms with Gasteiger partial charge in [-0.1, -0.05) is 48.5 Å². The summed E-state index contributed by atoms with van der Waals surface area (Å²) >= 11 is 1.56. The predicted molar refractivity (Wildman–Crippen MR) is 80.3 cm³/mol. The van der Waals surface area contributed by atoms with Crippen LogP contribution in [-0.2, 0) is 11.3 Å². The Labute approximate surface area is 122 Å². The molecule has 1 saturated heterocycles. The summed E-state index contributed by atoms with van der Waals surface area (Å²) in [5.41, 5.74) is 1.91. The molecule has 2 aromatic rings. The lowest BCUT2D eigenvalue weighted by Crippen LogP contribution is -2.27. The maximum Gasteiger partial charge on any atom is 0.234 e. The fourth-order valence-electron chi connectivity index (χ4n) is 2.36. The molecule has 1 aliphatic rings. The number of hydrogen-bond donors (Lipinski definition) is 1. The normalized spacial score (nSPS) is 18.5. The van der Waals surface area contributed by atoms with Crippen LogP contribution in [0.3, 0.4) is 0 Å². The minimum atomic E-state index is -0.107. The molecule has 0 aromatic heterocycles. The van der Waals surface area contributed by atoms with E-state index in [1.807, 2.05) is 47.4 Å². The van der Waals surface area contributed by atoms with Crippen molar-refractivity contribution in [3.63, 3.8) is 0 Å². The molecular weight excluding hydrogens is 270 g/mol. The topological polar surface area (TPSA) is 40.5 Å². The first-order valence-electron chi connectivity index (χ1n) is 6.48. The Morgan fingerprint density at radius 2 is 1.80 bits per heavy atom. The molecule has 0 radical (unpaired) electrons. The molecule has 1 N–H and O–H groups in total. The van der Waals surface area contributed by atoms with Gasteiger partial charge in [0.2, 0.25) is 5.91 Å². The van der Waals surface area contributed by atoms with E-state index in [0.717, 1.165) is 11.1 Å². The van der Waals surface area contributed by atoms with Gasteiger partial charge in [0.1, 0.15) is 11.1 Å². The molecule has 3 rings (SSSR count). The van der Waals surface area contributed by atoms with Crippen LogP contribution in [0.2, 0.25) is 0 Å². The van der Waals surface area contributed by atoms with Crippen LogP contribution in [0.5, 0.6) is 5.75 Å². The number of thioether (sulfide) groups is 1. The van der Waals surface area contributed by atoms with Crippen LogP contribution in [0.25, 0.3) is 0 Å². The summed E-state index contributed by atoms with van der Waals surface area (Å²) in [5, 5.41) is 9.88. The molecule has 0 spiro atoms. The maximum atomic E-state index is 12.1. The number of phenolic OH excluding ortho intramolecular Hbond substituents is 1. The Morgan fingerprint density at radius 3 is 2.55 bits per heavy atom. The summed E-state index contributed by atoms with van der Waals surface area (Å²) in [5.74, 6) is 0.830. The van der Waals surface area contributed by atoms with Gasteiger partial charge in [-0.3, -0.25) is 4.79 Å². The number of rotatable bonds is 3. The summed E-state index contributed by atoms with van der Waals surface area (Å²) < 4.78 is 0. The van der Waals surface area contributed by atoms with E-state index in [1.54, 1.807) is 23.9 Å². The largest absolute Gasteiger partial charge is 0.508 e. The van der Waals surface area contributed by atoms with E-state index < -0.39 is 0 Å². The molecule has 0 saturated carbocycles. The van der Waals surface area contributed by atoms with Crippen molar-refractivity contribution in [2.75, 3.05) is 5.75 Å². The smallest absolute Gasteiger partial charge is 0.234 e. The lowest BCUT2D eigenvalue weighted by atomic mass is 10.1. The van der Waals surface area contributed by atoms with Crippen LogP contribution in [0.4, 0.5) is 0 Å². The Morgan fingerprint density at radius 1 is 1.10 bits per heavy atom. The van der Waals surface area contributed by atoms with Gasteiger partial charge >= 0.3 is 0 Å². The van der Waals surface area contributed by atoms with E-state index in [-0.39, 0.29) is 17.0 Å². The highest BCUT2D eigenvalue weighted by atomic mass is 32.2. The van der Waals surface area contributed by atoms with Crippen molar-refractivity contribution in [3.05, 3.63) is 65.7 Å². The van der Waals surface area contributed by atoms with E-state index in [0.29, 0.717) is 12.3 Å². The lowest BCUT2D eigenvalue weighted by molar-refractivity contribution is -0.128. The molecule has 0 unspecified atom stereocenters. The zero-order valence-electron chi connectivity index (χ0n) is 10.9. The van der Waals surface area contributed by atoms with Crippen molar-refractivity contribution in [2.45, 2.75) is 11.9 Å². The van der Waals surface area contributed by atoms with Gasteiger partial charge in [0.05, 0.1) is 5.75 Å². The van der Waals surface area contributed by atoms with Crippen molar-refractivity contribution in [2.24, 2.45) is 0 Å². The van der Waals surface area contributed by atoms with Gasteiger partial charge in [0, 0.05) is 12.1 Å². The van der Waals surface area contributed by atoms with Crippen LogP contribution >= 0.6 is 11.8 Å². The number of hydrogen-bond acceptors (Lipinski definition) is 3. The fourth-order valence-corrected chi connectivity index (χ4v) is 3.58. The highest BCUT2D eigenvalue weighted by molar-refractivity contribution is 8.00. The maximum absolute atomic E-state index is 12.1. The van der Waals surface area contributed by atoms with Crippen molar-refractivity contribution in [1.82, 2.24) is 4.90 Å². The molecule has 1 atom stereocenters. The van der Waals surface area contributed by atoms with E-state index in [9.17, 15) is 9.90 Å². The van der Waals surface area contributed by atoms with Crippen LogP contribution in [0.15, 0.2) is 54.6 Å². The number of carbonyl (C=O) groups excluding carboxylic acids is 1. The number of para-hydroxylation sites is 1. The second-order valence-corrected chi connectivity index (χ2v) is 5.80. The highest BCUT2D eigenvalue weighted by Crippen LogP contribution is 2.42.